The van der Waals surface area contributed by atoms with Crippen molar-refractivity contribution < 1.29 is 9.59 Å². The number of halogens is 1. The minimum Gasteiger partial charge on any atom is -0.332 e. The van der Waals surface area contributed by atoms with Crippen molar-refractivity contribution in [3.05, 3.63) is 58.3 Å². The Morgan fingerprint density at radius 1 is 1.11 bits per heavy atom. The molecular weight excluding hydrogens is 418 g/mol. The van der Waals surface area contributed by atoms with Crippen molar-refractivity contribution in [3.8, 4) is 0 Å². The highest BCUT2D eigenvalue weighted by Gasteiger charge is 2.30. The minimum absolute atomic E-state index is 0.00480. The van der Waals surface area contributed by atoms with Gasteiger partial charge in [-0.05, 0) is 61.4 Å². The Labute approximate surface area is 174 Å². The van der Waals surface area contributed by atoms with Gasteiger partial charge in [0, 0.05) is 22.2 Å². The molecule has 3 atom stereocenters. The van der Waals surface area contributed by atoms with Gasteiger partial charge in [-0.1, -0.05) is 35.8 Å². The smallest absolute Gasteiger partial charge is 0.319 e. The number of hydrogen-bond donors (Lipinski definition) is 2. The Kier molecular flexibility index (Phi) is 6.83. The molecule has 1 aliphatic rings. The van der Waals surface area contributed by atoms with E-state index < -0.39 is 0 Å². The van der Waals surface area contributed by atoms with Crippen LogP contribution in [0.5, 0.6) is 0 Å². The van der Waals surface area contributed by atoms with Crippen LogP contribution in [-0.2, 0) is 6.54 Å². The average Bonchev–Trinajstić information content (AvgIpc) is 2.67. The lowest BCUT2D eigenvalue weighted by molar-refractivity contribution is 0.0837. The van der Waals surface area contributed by atoms with Crippen LogP contribution in [0.1, 0.15) is 49.2 Å². The third-order valence-electron chi connectivity index (χ3n) is 5.20. The van der Waals surface area contributed by atoms with Gasteiger partial charge in [-0.25, -0.2) is 4.79 Å². The first kappa shape index (κ1) is 20.5. The first-order valence-corrected chi connectivity index (χ1v) is 10.5. The van der Waals surface area contributed by atoms with Gasteiger partial charge in [0.2, 0.25) is 0 Å². The third kappa shape index (κ3) is 5.41. The molecule has 148 valence electrons. The molecule has 2 N–H and O–H groups in total. The van der Waals surface area contributed by atoms with Crippen molar-refractivity contribution in [3.63, 3.8) is 0 Å². The van der Waals surface area contributed by atoms with E-state index in [1.807, 2.05) is 24.3 Å². The van der Waals surface area contributed by atoms with Crippen LogP contribution in [0, 0.1) is 17.8 Å². The minimum atomic E-state index is -0.354. The van der Waals surface area contributed by atoms with Crippen molar-refractivity contribution in [2.24, 2.45) is 17.8 Å². The SMILES string of the molecule is C[C@@H]1CC(C(=O)c2cc(Br)ccc2NC(=O)NCc2ccccn2)C[C@H](C)C1. The number of amides is 2. The van der Waals surface area contributed by atoms with Gasteiger partial charge in [0.05, 0.1) is 17.9 Å². The fraction of sp³-hybridized carbons (Fsp3) is 0.409. The Balaban J connectivity index is 1.71. The van der Waals surface area contributed by atoms with Crippen LogP contribution in [0.3, 0.4) is 0 Å². The number of aromatic nitrogens is 1. The number of Topliss-reactive ketones (excluding diaryl/α,β-unsaturated/α-hetero) is 1. The van der Waals surface area contributed by atoms with E-state index in [-0.39, 0.29) is 17.7 Å². The van der Waals surface area contributed by atoms with Crippen LogP contribution in [0.15, 0.2) is 47.1 Å². The first-order valence-electron chi connectivity index (χ1n) is 9.71. The molecule has 0 radical (unpaired) electrons. The van der Waals surface area contributed by atoms with Crippen molar-refractivity contribution in [2.75, 3.05) is 5.32 Å². The van der Waals surface area contributed by atoms with Crippen molar-refractivity contribution in [1.82, 2.24) is 10.3 Å². The van der Waals surface area contributed by atoms with E-state index in [9.17, 15) is 9.59 Å². The van der Waals surface area contributed by atoms with Gasteiger partial charge in [0.25, 0.3) is 0 Å². The van der Waals surface area contributed by atoms with Crippen LogP contribution in [0.25, 0.3) is 0 Å². The van der Waals surface area contributed by atoms with E-state index in [0.29, 0.717) is 29.6 Å². The summed E-state index contributed by atoms with van der Waals surface area (Å²) in [5.41, 5.74) is 1.88. The van der Waals surface area contributed by atoms with Gasteiger partial charge in [0.15, 0.2) is 5.78 Å². The predicted molar refractivity (Wildman–Crippen MR) is 114 cm³/mol. The molecule has 0 aliphatic heterocycles. The van der Waals surface area contributed by atoms with Crippen molar-refractivity contribution in [2.45, 2.75) is 39.7 Å². The summed E-state index contributed by atoms with van der Waals surface area (Å²) >= 11 is 3.45. The van der Waals surface area contributed by atoms with E-state index in [1.165, 1.54) is 6.42 Å². The fourth-order valence-electron chi connectivity index (χ4n) is 4.05. The molecule has 0 spiro atoms. The van der Waals surface area contributed by atoms with Crippen LogP contribution < -0.4 is 10.6 Å². The number of urea groups is 1. The molecular formula is C22H26BrN3O2. The van der Waals surface area contributed by atoms with E-state index in [2.05, 4.69) is 45.4 Å². The quantitative estimate of drug-likeness (QED) is 0.605. The molecule has 1 aliphatic carbocycles. The highest BCUT2D eigenvalue weighted by atomic mass is 79.9. The fourth-order valence-corrected chi connectivity index (χ4v) is 4.41. The molecule has 0 saturated heterocycles. The Hall–Kier alpha value is -2.21. The summed E-state index contributed by atoms with van der Waals surface area (Å²) in [4.78, 5) is 29.8. The second kappa shape index (κ2) is 9.32. The normalized spacial score (nSPS) is 21.8. The molecule has 2 amide bonds. The van der Waals surface area contributed by atoms with Crippen molar-refractivity contribution in [1.29, 1.82) is 0 Å². The summed E-state index contributed by atoms with van der Waals surface area (Å²) in [7, 11) is 0. The van der Waals surface area contributed by atoms with Crippen LogP contribution in [0.2, 0.25) is 0 Å². The highest BCUT2D eigenvalue weighted by Crippen LogP contribution is 2.36. The summed E-state index contributed by atoms with van der Waals surface area (Å²) in [6.45, 7) is 4.74. The molecule has 6 heteroatoms. The van der Waals surface area contributed by atoms with E-state index in [4.69, 9.17) is 0 Å². The number of benzene rings is 1. The summed E-state index contributed by atoms with van der Waals surface area (Å²) < 4.78 is 0.826. The number of carbonyl (C=O) groups excluding carboxylic acids is 2. The number of nitrogens with one attached hydrogen (secondary N) is 2. The topological polar surface area (TPSA) is 71.1 Å². The number of hydrogen-bond acceptors (Lipinski definition) is 3. The standard InChI is InChI=1S/C22H26BrN3O2/c1-14-9-15(2)11-16(10-14)21(27)19-12-17(23)6-7-20(19)26-22(28)25-13-18-5-3-4-8-24-18/h3-8,12,14-16H,9-11,13H2,1-2H3,(H2,25,26,28)/t14-,15+,16?. The number of anilines is 1. The van der Waals surface area contributed by atoms with E-state index in [1.54, 1.807) is 18.3 Å². The number of nitrogens with zero attached hydrogens (tertiary/aromatic N) is 1. The highest BCUT2D eigenvalue weighted by molar-refractivity contribution is 9.10. The molecule has 28 heavy (non-hydrogen) atoms. The monoisotopic (exact) mass is 443 g/mol. The maximum atomic E-state index is 13.2. The molecule has 2 aromatic rings. The zero-order chi connectivity index (χ0) is 20.1. The lowest BCUT2D eigenvalue weighted by atomic mass is 9.74. The predicted octanol–water partition coefficient (Wildman–Crippen LogP) is 5.42. The van der Waals surface area contributed by atoms with Crippen LogP contribution in [0.4, 0.5) is 10.5 Å². The second-order valence-corrected chi connectivity index (χ2v) is 8.71. The molecule has 5 nitrogen and oxygen atoms in total. The van der Waals surface area contributed by atoms with Crippen molar-refractivity contribution >= 4 is 33.4 Å². The number of carbonyl (C=O) groups is 2. The molecule has 1 aromatic heterocycles. The molecule has 1 fully saturated rings. The van der Waals surface area contributed by atoms with Gasteiger partial charge in [-0.3, -0.25) is 9.78 Å². The van der Waals surface area contributed by atoms with Gasteiger partial charge < -0.3 is 10.6 Å². The zero-order valence-electron chi connectivity index (χ0n) is 16.2. The van der Waals surface area contributed by atoms with E-state index in [0.717, 1.165) is 23.0 Å². The summed E-state index contributed by atoms with van der Waals surface area (Å²) in [5.74, 6) is 1.20. The Morgan fingerprint density at radius 3 is 2.54 bits per heavy atom. The summed E-state index contributed by atoms with van der Waals surface area (Å²) in [6.07, 6.45) is 4.66. The van der Waals surface area contributed by atoms with Gasteiger partial charge >= 0.3 is 6.03 Å². The van der Waals surface area contributed by atoms with Crippen LogP contribution >= 0.6 is 15.9 Å². The molecule has 1 heterocycles. The second-order valence-electron chi connectivity index (χ2n) is 7.80. The number of pyridine rings is 1. The van der Waals surface area contributed by atoms with Crippen LogP contribution in [-0.4, -0.2) is 16.8 Å². The summed E-state index contributed by atoms with van der Waals surface area (Å²) in [6, 6.07) is 10.6. The maximum Gasteiger partial charge on any atom is 0.319 e. The lowest BCUT2D eigenvalue weighted by Gasteiger charge is -2.31. The summed E-state index contributed by atoms with van der Waals surface area (Å²) in [5, 5.41) is 5.62. The number of rotatable bonds is 5. The average molecular weight is 444 g/mol. The molecule has 3 rings (SSSR count). The first-order chi connectivity index (χ1) is 13.4. The lowest BCUT2D eigenvalue weighted by Crippen LogP contribution is -2.30. The van der Waals surface area contributed by atoms with Gasteiger partial charge in [0.1, 0.15) is 0 Å². The number of ketones is 1. The molecule has 1 saturated carbocycles. The molecule has 1 aromatic carbocycles. The Morgan fingerprint density at radius 2 is 1.86 bits per heavy atom. The third-order valence-corrected chi connectivity index (χ3v) is 5.69. The molecule has 0 bridgehead atoms. The Bertz CT molecular complexity index is 831. The van der Waals surface area contributed by atoms with E-state index >= 15 is 0 Å². The zero-order valence-corrected chi connectivity index (χ0v) is 17.8. The molecule has 1 unspecified atom stereocenters. The largest absolute Gasteiger partial charge is 0.332 e. The van der Waals surface area contributed by atoms with Gasteiger partial charge in [-0.2, -0.15) is 0 Å². The van der Waals surface area contributed by atoms with Gasteiger partial charge in [-0.15, -0.1) is 0 Å². The maximum absolute atomic E-state index is 13.2.